The van der Waals surface area contributed by atoms with Gasteiger partial charge in [0.05, 0.1) is 25.5 Å². The topological polar surface area (TPSA) is 93.7 Å². The first-order chi connectivity index (χ1) is 12.4. The molecule has 1 amide bonds. The predicted octanol–water partition coefficient (Wildman–Crippen LogP) is 1.93. The number of nitrogens with one attached hydrogen (secondary N) is 2. The average Bonchev–Trinajstić information content (AvgIpc) is 2.62. The van der Waals surface area contributed by atoms with E-state index in [1.165, 1.54) is 14.2 Å². The maximum absolute atomic E-state index is 12.3. The Kier molecular flexibility index (Phi) is 7.28. The van der Waals surface area contributed by atoms with Gasteiger partial charge in [-0.1, -0.05) is 19.8 Å². The van der Waals surface area contributed by atoms with Crippen molar-refractivity contribution in [3.05, 3.63) is 23.8 Å². The van der Waals surface area contributed by atoms with Crippen molar-refractivity contribution in [1.29, 1.82) is 0 Å². The lowest BCUT2D eigenvalue weighted by Crippen LogP contribution is -2.43. The second-order valence-corrected chi connectivity index (χ2v) is 8.50. The maximum Gasteiger partial charge on any atom is 0.255 e. The van der Waals surface area contributed by atoms with Gasteiger partial charge in [0, 0.05) is 18.7 Å². The minimum atomic E-state index is -3.43. The highest BCUT2D eigenvalue weighted by molar-refractivity contribution is 7.89. The van der Waals surface area contributed by atoms with Gasteiger partial charge < -0.3 is 14.8 Å². The van der Waals surface area contributed by atoms with E-state index in [2.05, 4.69) is 17.0 Å². The maximum atomic E-state index is 12.3. The van der Waals surface area contributed by atoms with Crippen LogP contribution in [0.15, 0.2) is 18.2 Å². The average molecular weight is 384 g/mol. The zero-order chi connectivity index (χ0) is 19.2. The summed E-state index contributed by atoms with van der Waals surface area (Å²) < 4.78 is 37.6. The van der Waals surface area contributed by atoms with E-state index in [1.807, 2.05) is 0 Å². The zero-order valence-electron chi connectivity index (χ0n) is 15.6. The van der Waals surface area contributed by atoms with Gasteiger partial charge in [0.15, 0.2) is 0 Å². The van der Waals surface area contributed by atoms with E-state index in [1.54, 1.807) is 18.2 Å². The molecule has 2 N–H and O–H groups in total. The Bertz CT molecular complexity index is 720. The number of rotatable bonds is 8. The molecule has 8 heteroatoms. The third-order valence-corrected chi connectivity index (χ3v) is 6.16. The number of benzene rings is 1. The molecule has 1 saturated carbocycles. The van der Waals surface area contributed by atoms with Crippen LogP contribution in [0.4, 0.5) is 0 Å². The SMILES string of the molecule is COc1ccc(C(=O)NCCS(=O)(=O)N[C@H]2CCCC[C@H]2C)c(OC)c1. The van der Waals surface area contributed by atoms with Crippen molar-refractivity contribution in [2.24, 2.45) is 5.92 Å². The van der Waals surface area contributed by atoms with Crippen LogP contribution >= 0.6 is 0 Å². The molecule has 7 nitrogen and oxygen atoms in total. The number of ether oxygens (including phenoxy) is 2. The van der Waals surface area contributed by atoms with Crippen molar-refractivity contribution < 1.29 is 22.7 Å². The fourth-order valence-electron chi connectivity index (χ4n) is 3.16. The van der Waals surface area contributed by atoms with Gasteiger partial charge in [-0.05, 0) is 30.9 Å². The molecule has 0 unspecified atom stereocenters. The van der Waals surface area contributed by atoms with Gasteiger partial charge in [-0.2, -0.15) is 0 Å². The Hall–Kier alpha value is -1.80. The van der Waals surface area contributed by atoms with Gasteiger partial charge in [-0.25, -0.2) is 13.1 Å². The lowest BCUT2D eigenvalue weighted by Gasteiger charge is -2.29. The Labute approximate surface area is 155 Å². The summed E-state index contributed by atoms with van der Waals surface area (Å²) in [5, 5.41) is 2.64. The van der Waals surface area contributed by atoms with Crippen molar-refractivity contribution in [2.75, 3.05) is 26.5 Å². The molecule has 26 heavy (non-hydrogen) atoms. The van der Waals surface area contributed by atoms with Gasteiger partial charge in [-0.15, -0.1) is 0 Å². The first-order valence-electron chi connectivity index (χ1n) is 8.86. The Balaban J connectivity index is 1.89. The Morgan fingerprint density at radius 2 is 1.92 bits per heavy atom. The standard InChI is InChI=1S/C18H28N2O5S/c1-13-6-4-5-7-16(13)20-26(22,23)11-10-19-18(21)15-9-8-14(24-2)12-17(15)25-3/h8-9,12-13,16,20H,4-7,10-11H2,1-3H3,(H,19,21)/t13-,16+/m1/s1. The summed E-state index contributed by atoms with van der Waals surface area (Å²) in [5.41, 5.74) is 0.333. The Morgan fingerprint density at radius 3 is 2.58 bits per heavy atom. The molecule has 1 fully saturated rings. The summed E-state index contributed by atoms with van der Waals surface area (Å²) in [6, 6.07) is 4.84. The summed E-state index contributed by atoms with van der Waals surface area (Å²) >= 11 is 0. The number of amides is 1. The number of hydrogen-bond donors (Lipinski definition) is 2. The molecule has 0 spiro atoms. The van der Waals surface area contributed by atoms with E-state index < -0.39 is 10.0 Å². The molecule has 146 valence electrons. The molecule has 0 aromatic heterocycles. The lowest BCUT2D eigenvalue weighted by molar-refractivity contribution is 0.0953. The van der Waals surface area contributed by atoms with E-state index in [-0.39, 0.29) is 24.2 Å². The van der Waals surface area contributed by atoms with Gasteiger partial charge in [0.25, 0.3) is 5.91 Å². The molecule has 2 atom stereocenters. The molecule has 2 rings (SSSR count). The number of carbonyl (C=O) groups is 1. The number of hydrogen-bond acceptors (Lipinski definition) is 5. The summed E-state index contributed by atoms with van der Waals surface area (Å²) in [5.74, 6) is 0.758. The van der Waals surface area contributed by atoms with Crippen LogP contribution in [0.25, 0.3) is 0 Å². The van der Waals surface area contributed by atoms with Crippen LogP contribution in [0.2, 0.25) is 0 Å². The highest BCUT2D eigenvalue weighted by Gasteiger charge is 2.25. The van der Waals surface area contributed by atoms with Crippen LogP contribution in [-0.4, -0.2) is 46.9 Å². The fraction of sp³-hybridized carbons (Fsp3) is 0.611. The third-order valence-electron chi connectivity index (χ3n) is 4.75. The van der Waals surface area contributed by atoms with E-state index in [9.17, 15) is 13.2 Å². The van der Waals surface area contributed by atoms with Crippen LogP contribution < -0.4 is 19.5 Å². The second-order valence-electron chi connectivity index (χ2n) is 6.63. The zero-order valence-corrected chi connectivity index (χ0v) is 16.4. The number of methoxy groups -OCH3 is 2. The molecule has 1 aliphatic carbocycles. The van der Waals surface area contributed by atoms with E-state index in [0.29, 0.717) is 23.0 Å². The van der Waals surface area contributed by atoms with Gasteiger partial charge in [0.2, 0.25) is 10.0 Å². The Morgan fingerprint density at radius 1 is 1.19 bits per heavy atom. The van der Waals surface area contributed by atoms with Crippen LogP contribution in [0.5, 0.6) is 11.5 Å². The van der Waals surface area contributed by atoms with E-state index in [4.69, 9.17) is 9.47 Å². The van der Waals surface area contributed by atoms with Gasteiger partial charge >= 0.3 is 0 Å². The minimum absolute atomic E-state index is 0.00821. The van der Waals surface area contributed by atoms with Gasteiger partial charge in [0.1, 0.15) is 11.5 Å². The summed E-state index contributed by atoms with van der Waals surface area (Å²) in [7, 11) is -0.443. The van der Waals surface area contributed by atoms with Crippen molar-refractivity contribution >= 4 is 15.9 Å². The molecule has 0 aliphatic heterocycles. The molecular weight excluding hydrogens is 356 g/mol. The molecule has 0 heterocycles. The third kappa shape index (κ3) is 5.60. The van der Waals surface area contributed by atoms with Crippen molar-refractivity contribution in [1.82, 2.24) is 10.0 Å². The largest absolute Gasteiger partial charge is 0.497 e. The molecular formula is C18H28N2O5S. The molecule has 1 aromatic carbocycles. The van der Waals surface area contributed by atoms with Crippen LogP contribution in [0, 0.1) is 5.92 Å². The first kappa shape index (κ1) is 20.5. The van der Waals surface area contributed by atoms with Crippen molar-refractivity contribution in [2.45, 2.75) is 38.6 Å². The van der Waals surface area contributed by atoms with Crippen LogP contribution in [0.1, 0.15) is 43.0 Å². The molecule has 0 radical (unpaired) electrons. The molecule has 0 bridgehead atoms. The van der Waals surface area contributed by atoms with Crippen molar-refractivity contribution in [3.63, 3.8) is 0 Å². The monoisotopic (exact) mass is 384 g/mol. The normalized spacial score (nSPS) is 20.4. The molecule has 1 aromatic rings. The fourth-order valence-corrected chi connectivity index (χ4v) is 4.46. The van der Waals surface area contributed by atoms with Crippen LogP contribution in [-0.2, 0) is 10.0 Å². The molecule has 0 saturated heterocycles. The van der Waals surface area contributed by atoms with E-state index in [0.717, 1.165) is 25.7 Å². The highest BCUT2D eigenvalue weighted by Crippen LogP contribution is 2.25. The summed E-state index contributed by atoms with van der Waals surface area (Å²) in [6.45, 7) is 2.11. The predicted molar refractivity (Wildman–Crippen MR) is 100 cm³/mol. The van der Waals surface area contributed by atoms with Crippen LogP contribution in [0.3, 0.4) is 0 Å². The number of sulfonamides is 1. The summed E-state index contributed by atoms with van der Waals surface area (Å²) in [6.07, 6.45) is 4.11. The minimum Gasteiger partial charge on any atom is -0.497 e. The van der Waals surface area contributed by atoms with Crippen molar-refractivity contribution in [3.8, 4) is 11.5 Å². The second kappa shape index (κ2) is 9.23. The quantitative estimate of drug-likeness (QED) is 0.714. The molecule has 1 aliphatic rings. The van der Waals surface area contributed by atoms with E-state index >= 15 is 0 Å². The first-order valence-corrected chi connectivity index (χ1v) is 10.5. The van der Waals surface area contributed by atoms with Gasteiger partial charge in [-0.3, -0.25) is 4.79 Å². The summed E-state index contributed by atoms with van der Waals surface area (Å²) in [4.78, 5) is 12.3. The smallest absolute Gasteiger partial charge is 0.255 e. The number of carbonyl (C=O) groups excluding carboxylic acids is 1. The lowest BCUT2D eigenvalue weighted by atomic mass is 9.87. The highest BCUT2D eigenvalue weighted by atomic mass is 32.2.